The van der Waals surface area contributed by atoms with Crippen LogP contribution in [0, 0.1) is 17.8 Å². The molecule has 0 aromatic carbocycles. The van der Waals surface area contributed by atoms with Gasteiger partial charge >= 0.3 is 5.97 Å². The fourth-order valence-corrected chi connectivity index (χ4v) is 9.06. The molecule has 8 heteroatoms. The molecule has 2 bridgehead atoms. The van der Waals surface area contributed by atoms with Crippen molar-refractivity contribution in [1.29, 1.82) is 0 Å². The van der Waals surface area contributed by atoms with Gasteiger partial charge in [-0.2, -0.15) is 0 Å². The van der Waals surface area contributed by atoms with Crippen molar-refractivity contribution in [3.05, 3.63) is 25.3 Å². The fraction of sp³-hybridized carbons (Fsp3) is 0.750. The largest absolute Gasteiger partial charge is 0.465 e. The Balaban J connectivity index is 2.04. The van der Waals surface area contributed by atoms with Gasteiger partial charge in [0.2, 0.25) is 11.8 Å². The van der Waals surface area contributed by atoms with E-state index in [2.05, 4.69) is 27.0 Å². The smallest absolute Gasteiger partial charge is 0.310 e. The highest BCUT2D eigenvalue weighted by molar-refractivity contribution is 8.02. The van der Waals surface area contributed by atoms with Gasteiger partial charge in [0.15, 0.2) is 0 Å². The second-order valence-corrected chi connectivity index (χ2v) is 12.1. The van der Waals surface area contributed by atoms with Crippen LogP contribution in [-0.4, -0.2) is 80.6 Å². The van der Waals surface area contributed by atoms with Crippen molar-refractivity contribution in [2.75, 3.05) is 19.8 Å². The predicted octanol–water partition coefficient (Wildman–Crippen LogP) is 3.81. The number of hydrogen-bond donors (Lipinski definition) is 1. The Labute approximate surface area is 220 Å². The predicted molar refractivity (Wildman–Crippen MR) is 143 cm³/mol. The third kappa shape index (κ3) is 4.75. The first-order chi connectivity index (χ1) is 17.2. The Morgan fingerprint density at radius 3 is 2.64 bits per heavy atom. The summed E-state index contributed by atoms with van der Waals surface area (Å²) in [6.45, 7) is 16.2. The minimum Gasteiger partial charge on any atom is -0.465 e. The number of unbranched alkanes of at least 4 members (excludes halogenated alkanes) is 1. The van der Waals surface area contributed by atoms with Crippen molar-refractivity contribution < 1.29 is 24.2 Å². The molecule has 3 heterocycles. The molecule has 3 saturated heterocycles. The van der Waals surface area contributed by atoms with Crippen LogP contribution in [0.25, 0.3) is 0 Å². The second-order valence-electron chi connectivity index (χ2n) is 10.6. The molecular formula is C28H44N2O5S. The molecule has 3 fully saturated rings. The minimum absolute atomic E-state index is 0.00774. The molecule has 202 valence electrons. The number of carbonyl (C=O) groups is 3. The molecule has 8 atom stereocenters. The highest BCUT2D eigenvalue weighted by atomic mass is 32.2. The first-order valence-corrected chi connectivity index (χ1v) is 14.4. The van der Waals surface area contributed by atoms with Crippen molar-refractivity contribution in [2.24, 2.45) is 17.8 Å². The van der Waals surface area contributed by atoms with Gasteiger partial charge in [-0.25, -0.2) is 0 Å². The summed E-state index contributed by atoms with van der Waals surface area (Å²) in [4.78, 5) is 45.3. The molecule has 2 amide bonds. The molecule has 36 heavy (non-hydrogen) atoms. The molecule has 7 nitrogen and oxygen atoms in total. The molecule has 3 aliphatic heterocycles. The van der Waals surface area contributed by atoms with E-state index in [4.69, 9.17) is 4.74 Å². The average molecular weight is 521 g/mol. The first-order valence-electron chi connectivity index (χ1n) is 13.5. The lowest BCUT2D eigenvalue weighted by Crippen LogP contribution is -2.60. The molecule has 3 aliphatic rings. The van der Waals surface area contributed by atoms with Gasteiger partial charge in [-0.3, -0.25) is 14.4 Å². The summed E-state index contributed by atoms with van der Waals surface area (Å²) >= 11 is 1.65. The van der Waals surface area contributed by atoms with Gasteiger partial charge in [0, 0.05) is 17.8 Å². The minimum atomic E-state index is -0.727. The number of aliphatic hydroxyl groups excluding tert-OH is 1. The van der Waals surface area contributed by atoms with E-state index in [0.29, 0.717) is 26.0 Å². The summed E-state index contributed by atoms with van der Waals surface area (Å²) in [5.41, 5.74) is 0. The van der Waals surface area contributed by atoms with Crippen LogP contribution in [0.4, 0.5) is 0 Å². The Morgan fingerprint density at radius 2 is 2.06 bits per heavy atom. The highest BCUT2D eigenvalue weighted by Crippen LogP contribution is 2.69. The zero-order chi connectivity index (χ0) is 26.6. The quantitative estimate of drug-likeness (QED) is 0.213. The fourth-order valence-electron chi connectivity index (χ4n) is 6.67. The number of amides is 2. The number of likely N-dealkylation sites (tertiary alicyclic amines) is 1. The number of ether oxygens (including phenoxy) is 1. The number of allylic oxidation sites excluding steroid dienone is 1. The van der Waals surface area contributed by atoms with Gasteiger partial charge in [-0.05, 0) is 44.9 Å². The van der Waals surface area contributed by atoms with E-state index in [0.717, 1.165) is 25.7 Å². The number of esters is 1. The van der Waals surface area contributed by atoms with Crippen LogP contribution in [0.2, 0.25) is 0 Å². The Bertz CT molecular complexity index is 846. The van der Waals surface area contributed by atoms with Crippen molar-refractivity contribution in [1.82, 2.24) is 9.80 Å². The standard InChI is InChI=1S/C28H44N2O5S/c1-7-11-12-15-35-27(34)22-21-16-18(5)28(36-21)23(22)25(32)30(20(10-4)17-31)24(28)26(33)29(14-9-3)19(6)13-8-2/h7,9,18-24,31H,1,3,8,10-17H2,2,4-6H3/t18?,19?,20-,21+,22-,23-,24?,28?/m0/s1. The Kier molecular flexibility index (Phi) is 9.72. The van der Waals surface area contributed by atoms with Crippen molar-refractivity contribution >= 4 is 29.5 Å². The molecule has 0 aromatic rings. The van der Waals surface area contributed by atoms with Crippen LogP contribution in [0.15, 0.2) is 25.3 Å². The zero-order valence-electron chi connectivity index (χ0n) is 22.4. The third-order valence-electron chi connectivity index (χ3n) is 8.41. The number of hydrogen-bond acceptors (Lipinski definition) is 6. The van der Waals surface area contributed by atoms with E-state index < -0.39 is 28.7 Å². The molecular weight excluding hydrogens is 476 g/mol. The lowest BCUT2D eigenvalue weighted by atomic mass is 9.66. The van der Waals surface area contributed by atoms with Crippen LogP contribution in [0.1, 0.15) is 66.2 Å². The van der Waals surface area contributed by atoms with Gasteiger partial charge in [-0.1, -0.05) is 39.3 Å². The molecule has 4 unspecified atom stereocenters. The maximum Gasteiger partial charge on any atom is 0.310 e. The Morgan fingerprint density at radius 1 is 1.33 bits per heavy atom. The summed E-state index contributed by atoms with van der Waals surface area (Å²) in [6, 6.07) is -1.21. The molecule has 0 aliphatic carbocycles. The number of thioether (sulfide) groups is 1. The highest BCUT2D eigenvalue weighted by Gasteiger charge is 2.77. The lowest BCUT2D eigenvalue weighted by molar-refractivity contribution is -0.155. The van der Waals surface area contributed by atoms with Crippen molar-refractivity contribution in [3.8, 4) is 0 Å². The van der Waals surface area contributed by atoms with Crippen LogP contribution in [-0.2, 0) is 19.1 Å². The molecule has 0 aromatic heterocycles. The van der Waals surface area contributed by atoms with E-state index in [1.807, 2.05) is 18.7 Å². The van der Waals surface area contributed by atoms with Gasteiger partial charge in [-0.15, -0.1) is 24.9 Å². The van der Waals surface area contributed by atoms with E-state index in [-0.39, 0.29) is 41.6 Å². The van der Waals surface area contributed by atoms with E-state index in [1.54, 1.807) is 28.8 Å². The van der Waals surface area contributed by atoms with Crippen LogP contribution in [0.3, 0.4) is 0 Å². The number of nitrogens with zero attached hydrogens (tertiary/aromatic N) is 2. The number of fused-ring (bicyclic) bond motifs is 1. The van der Waals surface area contributed by atoms with Crippen molar-refractivity contribution in [3.63, 3.8) is 0 Å². The summed E-state index contributed by atoms with van der Waals surface area (Å²) in [7, 11) is 0. The summed E-state index contributed by atoms with van der Waals surface area (Å²) in [5, 5.41) is 10.2. The van der Waals surface area contributed by atoms with Gasteiger partial charge < -0.3 is 19.6 Å². The van der Waals surface area contributed by atoms with Gasteiger partial charge in [0.1, 0.15) is 6.04 Å². The second kappa shape index (κ2) is 12.2. The maximum atomic E-state index is 14.4. The van der Waals surface area contributed by atoms with Crippen LogP contribution < -0.4 is 0 Å². The molecule has 0 saturated carbocycles. The number of aliphatic hydroxyl groups is 1. The SMILES string of the molecule is C=CCCCOC(=O)[C@@H]1[C@H]2C(=O)N([C@@H](CC)CO)C(C(=O)N(CC=C)C(C)CCC)C23S[C@@H]1CC3C. The van der Waals surface area contributed by atoms with Gasteiger partial charge in [0.25, 0.3) is 0 Å². The molecule has 0 radical (unpaired) electrons. The van der Waals surface area contributed by atoms with Crippen LogP contribution >= 0.6 is 11.8 Å². The van der Waals surface area contributed by atoms with Gasteiger partial charge in [0.05, 0.1) is 35.8 Å². The van der Waals surface area contributed by atoms with Crippen LogP contribution in [0.5, 0.6) is 0 Å². The molecule has 3 rings (SSSR count). The topological polar surface area (TPSA) is 87.1 Å². The maximum absolute atomic E-state index is 14.4. The lowest BCUT2D eigenvalue weighted by Gasteiger charge is -2.43. The Hall–Kier alpha value is -1.80. The summed E-state index contributed by atoms with van der Waals surface area (Å²) < 4.78 is 4.93. The summed E-state index contributed by atoms with van der Waals surface area (Å²) in [6.07, 6.45) is 8.05. The van der Waals surface area contributed by atoms with Crippen molar-refractivity contribution in [2.45, 2.75) is 94.3 Å². The molecule has 1 spiro atoms. The van der Waals surface area contributed by atoms with E-state index >= 15 is 0 Å². The monoisotopic (exact) mass is 520 g/mol. The third-order valence-corrected chi connectivity index (χ3v) is 10.5. The van der Waals surface area contributed by atoms with E-state index in [1.165, 1.54) is 0 Å². The number of carbonyl (C=O) groups excluding carboxylic acids is 3. The first kappa shape index (κ1) is 28.8. The number of rotatable bonds is 14. The average Bonchev–Trinajstić information content (AvgIpc) is 3.45. The zero-order valence-corrected chi connectivity index (χ0v) is 23.2. The summed E-state index contributed by atoms with van der Waals surface area (Å²) in [5.74, 6) is -1.74. The normalized spacial score (nSPS) is 32.2. The molecule has 1 N–H and O–H groups in total. The van der Waals surface area contributed by atoms with E-state index in [9.17, 15) is 19.5 Å².